The molecule has 3 unspecified atom stereocenters. The van der Waals surface area contributed by atoms with Gasteiger partial charge in [-0.2, -0.15) is 0 Å². The molecule has 1 N–H and O–H groups in total. The molecule has 2 rings (SSSR count). The van der Waals surface area contributed by atoms with Gasteiger partial charge in [0.25, 0.3) is 5.91 Å². The van der Waals surface area contributed by atoms with Gasteiger partial charge < -0.3 is 10.1 Å². The van der Waals surface area contributed by atoms with Crippen LogP contribution in [0.5, 0.6) is 5.75 Å². The van der Waals surface area contributed by atoms with Crippen molar-refractivity contribution in [3.05, 3.63) is 34.4 Å². The SMILES string of the molecule is CCC(C)/C(C)=C(/C(=O)NC1CCCCC1C)c1cc(C(C)C)cc(OC)c1C. The highest BCUT2D eigenvalue weighted by atomic mass is 16.5. The van der Waals surface area contributed by atoms with E-state index in [9.17, 15) is 4.79 Å². The van der Waals surface area contributed by atoms with Crippen LogP contribution in [-0.4, -0.2) is 19.1 Å². The van der Waals surface area contributed by atoms with Gasteiger partial charge in [-0.3, -0.25) is 4.79 Å². The molecule has 0 saturated heterocycles. The van der Waals surface area contributed by atoms with Gasteiger partial charge in [0, 0.05) is 11.6 Å². The fraction of sp³-hybridized carbons (Fsp3) is 0.654. The molecule has 0 heterocycles. The van der Waals surface area contributed by atoms with Crippen molar-refractivity contribution < 1.29 is 9.53 Å². The van der Waals surface area contributed by atoms with Crippen molar-refractivity contribution >= 4 is 11.5 Å². The van der Waals surface area contributed by atoms with E-state index in [1.807, 2.05) is 0 Å². The Morgan fingerprint density at radius 1 is 1.21 bits per heavy atom. The maximum atomic E-state index is 13.6. The number of allylic oxidation sites excluding steroid dienone is 1. The lowest BCUT2D eigenvalue weighted by Crippen LogP contribution is -2.41. The molecule has 1 saturated carbocycles. The summed E-state index contributed by atoms with van der Waals surface area (Å²) in [5, 5.41) is 3.40. The molecule has 0 spiro atoms. The molecule has 0 aliphatic heterocycles. The molecule has 0 bridgehead atoms. The number of methoxy groups -OCH3 is 1. The van der Waals surface area contributed by atoms with Crippen LogP contribution in [-0.2, 0) is 4.79 Å². The molecule has 0 radical (unpaired) electrons. The van der Waals surface area contributed by atoms with Gasteiger partial charge in [-0.1, -0.05) is 59.1 Å². The minimum Gasteiger partial charge on any atom is -0.496 e. The number of rotatable bonds is 7. The standard InChI is InChI=1S/C26H41NO2/c1-9-17(4)19(6)25(26(28)27-23-13-11-10-12-18(23)5)22-14-21(16(2)3)15-24(29-8)20(22)7/h14-18,23H,9-13H2,1-8H3,(H,27,28)/b25-19+. The molecule has 29 heavy (non-hydrogen) atoms. The Labute approximate surface area is 178 Å². The van der Waals surface area contributed by atoms with Crippen LogP contribution < -0.4 is 10.1 Å². The number of ether oxygens (including phenoxy) is 1. The number of nitrogens with one attached hydrogen (secondary N) is 1. The highest BCUT2D eigenvalue weighted by Crippen LogP contribution is 2.35. The second-order valence-corrected chi connectivity index (χ2v) is 9.26. The number of carbonyl (C=O) groups is 1. The summed E-state index contributed by atoms with van der Waals surface area (Å²) in [4.78, 5) is 13.6. The Morgan fingerprint density at radius 2 is 1.86 bits per heavy atom. The van der Waals surface area contributed by atoms with Crippen LogP contribution in [0.1, 0.15) is 96.3 Å². The van der Waals surface area contributed by atoms with Crippen LogP contribution in [0, 0.1) is 18.8 Å². The molecule has 162 valence electrons. The van der Waals surface area contributed by atoms with E-state index in [0.717, 1.165) is 35.3 Å². The van der Waals surface area contributed by atoms with Gasteiger partial charge in [0.15, 0.2) is 0 Å². The number of carbonyl (C=O) groups excluding carboxylic acids is 1. The molecule has 1 aromatic rings. The van der Waals surface area contributed by atoms with Crippen LogP contribution in [0.3, 0.4) is 0 Å². The van der Waals surface area contributed by atoms with E-state index < -0.39 is 0 Å². The Balaban J connectivity index is 2.57. The van der Waals surface area contributed by atoms with Crippen molar-refractivity contribution in [2.24, 2.45) is 11.8 Å². The first-order valence-corrected chi connectivity index (χ1v) is 11.4. The molecule has 3 heteroatoms. The van der Waals surface area contributed by atoms with Crippen molar-refractivity contribution in [1.29, 1.82) is 0 Å². The van der Waals surface area contributed by atoms with E-state index in [4.69, 9.17) is 4.74 Å². The summed E-state index contributed by atoms with van der Waals surface area (Å²) in [6, 6.07) is 4.58. The summed E-state index contributed by atoms with van der Waals surface area (Å²) >= 11 is 0. The average Bonchev–Trinajstić information content (AvgIpc) is 2.70. The third kappa shape index (κ3) is 5.43. The Hall–Kier alpha value is -1.77. The smallest absolute Gasteiger partial charge is 0.252 e. The van der Waals surface area contributed by atoms with E-state index in [0.29, 0.717) is 17.8 Å². The third-order valence-corrected chi connectivity index (χ3v) is 6.94. The number of hydrogen-bond donors (Lipinski definition) is 1. The van der Waals surface area contributed by atoms with Crippen LogP contribution in [0.4, 0.5) is 0 Å². The van der Waals surface area contributed by atoms with Crippen LogP contribution >= 0.6 is 0 Å². The summed E-state index contributed by atoms with van der Waals surface area (Å²) in [5.74, 6) is 2.20. The van der Waals surface area contributed by atoms with E-state index in [2.05, 4.69) is 65.9 Å². The molecule has 1 aliphatic carbocycles. The van der Waals surface area contributed by atoms with Gasteiger partial charge >= 0.3 is 0 Å². The molecular formula is C26H41NO2. The molecule has 3 atom stereocenters. The molecule has 1 fully saturated rings. The van der Waals surface area contributed by atoms with Gasteiger partial charge in [-0.15, -0.1) is 0 Å². The molecule has 1 amide bonds. The number of benzene rings is 1. The highest BCUT2D eigenvalue weighted by Gasteiger charge is 2.27. The Kier molecular flexibility index (Phi) is 8.36. The fourth-order valence-corrected chi connectivity index (χ4v) is 4.35. The maximum Gasteiger partial charge on any atom is 0.252 e. The summed E-state index contributed by atoms with van der Waals surface area (Å²) < 4.78 is 5.69. The van der Waals surface area contributed by atoms with E-state index in [-0.39, 0.29) is 11.9 Å². The lowest BCUT2D eigenvalue weighted by Gasteiger charge is -2.31. The largest absolute Gasteiger partial charge is 0.496 e. The third-order valence-electron chi connectivity index (χ3n) is 6.94. The van der Waals surface area contributed by atoms with Gasteiger partial charge in [-0.05, 0) is 73.6 Å². The zero-order valence-corrected chi connectivity index (χ0v) is 19.8. The van der Waals surface area contributed by atoms with Gasteiger partial charge in [0.2, 0.25) is 0 Å². The fourth-order valence-electron chi connectivity index (χ4n) is 4.35. The summed E-state index contributed by atoms with van der Waals surface area (Å²) in [6.07, 6.45) is 5.77. The zero-order chi connectivity index (χ0) is 21.7. The van der Waals surface area contributed by atoms with Crippen LogP contribution in [0.25, 0.3) is 5.57 Å². The topological polar surface area (TPSA) is 38.3 Å². The van der Waals surface area contributed by atoms with Crippen molar-refractivity contribution in [3.63, 3.8) is 0 Å². The monoisotopic (exact) mass is 399 g/mol. The van der Waals surface area contributed by atoms with Crippen molar-refractivity contribution in [3.8, 4) is 5.75 Å². The van der Waals surface area contributed by atoms with Gasteiger partial charge in [0.1, 0.15) is 5.75 Å². The molecule has 1 aromatic carbocycles. The first kappa shape index (κ1) is 23.5. The molecular weight excluding hydrogens is 358 g/mol. The Morgan fingerprint density at radius 3 is 2.41 bits per heavy atom. The number of amides is 1. The Bertz CT molecular complexity index is 747. The predicted octanol–water partition coefficient (Wildman–Crippen LogP) is 6.64. The zero-order valence-electron chi connectivity index (χ0n) is 19.8. The minimum atomic E-state index is 0.0765. The van der Waals surface area contributed by atoms with Crippen molar-refractivity contribution in [1.82, 2.24) is 5.32 Å². The van der Waals surface area contributed by atoms with Gasteiger partial charge in [-0.25, -0.2) is 0 Å². The minimum absolute atomic E-state index is 0.0765. The average molecular weight is 400 g/mol. The summed E-state index contributed by atoms with van der Waals surface area (Å²) in [5.41, 5.74) is 5.28. The first-order valence-electron chi connectivity index (χ1n) is 11.4. The normalized spacial score (nSPS) is 21.6. The summed E-state index contributed by atoms with van der Waals surface area (Å²) in [7, 11) is 1.71. The van der Waals surface area contributed by atoms with Crippen LogP contribution in [0.2, 0.25) is 0 Å². The van der Waals surface area contributed by atoms with Crippen LogP contribution in [0.15, 0.2) is 17.7 Å². The molecule has 0 aromatic heterocycles. The highest BCUT2D eigenvalue weighted by molar-refractivity contribution is 6.21. The quantitative estimate of drug-likeness (QED) is 0.522. The van der Waals surface area contributed by atoms with Crippen molar-refractivity contribution in [2.45, 2.75) is 92.5 Å². The predicted molar refractivity (Wildman–Crippen MR) is 123 cm³/mol. The van der Waals surface area contributed by atoms with E-state index in [1.165, 1.54) is 30.4 Å². The second-order valence-electron chi connectivity index (χ2n) is 9.26. The molecule has 3 nitrogen and oxygen atoms in total. The second kappa shape index (κ2) is 10.3. The lowest BCUT2D eigenvalue weighted by molar-refractivity contribution is -0.116. The van der Waals surface area contributed by atoms with Gasteiger partial charge in [0.05, 0.1) is 7.11 Å². The lowest BCUT2D eigenvalue weighted by atomic mass is 9.84. The molecule has 1 aliphatic rings. The number of hydrogen-bond acceptors (Lipinski definition) is 2. The van der Waals surface area contributed by atoms with E-state index in [1.54, 1.807) is 7.11 Å². The van der Waals surface area contributed by atoms with Crippen molar-refractivity contribution in [2.75, 3.05) is 7.11 Å². The summed E-state index contributed by atoms with van der Waals surface area (Å²) in [6.45, 7) is 15.2. The maximum absolute atomic E-state index is 13.6. The first-order chi connectivity index (χ1) is 13.7. The van der Waals surface area contributed by atoms with E-state index >= 15 is 0 Å².